The second-order valence-electron chi connectivity index (χ2n) is 6.02. The molecule has 0 saturated carbocycles. The van der Waals surface area contributed by atoms with Gasteiger partial charge in [0.2, 0.25) is 5.89 Å². The summed E-state index contributed by atoms with van der Waals surface area (Å²) in [6.45, 7) is 5.54. The van der Waals surface area contributed by atoms with Crippen LogP contribution in [0.25, 0.3) is 0 Å². The second-order valence-corrected chi connectivity index (χ2v) is 6.02. The summed E-state index contributed by atoms with van der Waals surface area (Å²) in [7, 11) is 0. The van der Waals surface area contributed by atoms with E-state index in [1.165, 1.54) is 6.07 Å². The molecule has 0 radical (unpaired) electrons. The Balaban J connectivity index is 1.52. The van der Waals surface area contributed by atoms with Crippen LogP contribution in [0.15, 0.2) is 22.9 Å². The Morgan fingerprint density at radius 3 is 2.52 bits per heavy atom. The summed E-state index contributed by atoms with van der Waals surface area (Å²) in [5, 5.41) is 3.94. The van der Waals surface area contributed by atoms with E-state index in [4.69, 9.17) is 4.52 Å². The molecular weight excluding hydrogens is 335 g/mol. The van der Waals surface area contributed by atoms with Gasteiger partial charge in [-0.15, -0.1) is 0 Å². The van der Waals surface area contributed by atoms with Gasteiger partial charge >= 0.3 is 6.18 Å². The first kappa shape index (κ1) is 17.7. The highest BCUT2D eigenvalue weighted by Gasteiger charge is 2.31. The van der Waals surface area contributed by atoms with Crippen LogP contribution < -0.4 is 4.90 Å². The van der Waals surface area contributed by atoms with Gasteiger partial charge < -0.3 is 9.42 Å². The van der Waals surface area contributed by atoms with Crippen molar-refractivity contribution in [3.8, 4) is 0 Å². The van der Waals surface area contributed by atoms with E-state index in [2.05, 4.69) is 26.9 Å². The number of piperazine rings is 1. The summed E-state index contributed by atoms with van der Waals surface area (Å²) in [4.78, 5) is 12.5. The number of alkyl halides is 3. The number of hydrogen-bond acceptors (Lipinski definition) is 6. The Morgan fingerprint density at radius 1 is 1.16 bits per heavy atom. The molecular formula is C16H20F3N5O. The van der Waals surface area contributed by atoms with Gasteiger partial charge in [0.1, 0.15) is 5.82 Å². The smallest absolute Gasteiger partial charge is 0.354 e. The largest absolute Gasteiger partial charge is 0.417 e. The van der Waals surface area contributed by atoms with E-state index < -0.39 is 11.7 Å². The van der Waals surface area contributed by atoms with Gasteiger partial charge in [-0.2, -0.15) is 18.2 Å². The number of pyridine rings is 1. The van der Waals surface area contributed by atoms with E-state index in [0.29, 0.717) is 31.3 Å². The highest BCUT2D eigenvalue weighted by atomic mass is 19.4. The molecule has 0 aliphatic carbocycles. The molecule has 1 aliphatic rings. The van der Waals surface area contributed by atoms with Gasteiger partial charge in [-0.3, -0.25) is 4.90 Å². The lowest BCUT2D eigenvalue weighted by atomic mass is 10.2. The van der Waals surface area contributed by atoms with Gasteiger partial charge in [0, 0.05) is 38.8 Å². The summed E-state index contributed by atoms with van der Waals surface area (Å²) in [6.07, 6.45) is -1.70. The maximum atomic E-state index is 12.6. The minimum absolute atomic E-state index is 0.565. The summed E-state index contributed by atoms with van der Waals surface area (Å²) < 4.78 is 43.0. The lowest BCUT2D eigenvalue weighted by Gasteiger charge is -2.34. The van der Waals surface area contributed by atoms with Crippen LogP contribution in [0.4, 0.5) is 19.0 Å². The third kappa shape index (κ3) is 4.47. The number of aryl methyl sites for hydroxylation is 1. The molecule has 136 valence electrons. The zero-order valence-electron chi connectivity index (χ0n) is 14.0. The van der Waals surface area contributed by atoms with Gasteiger partial charge in [-0.1, -0.05) is 12.1 Å². The quantitative estimate of drug-likeness (QED) is 0.822. The van der Waals surface area contributed by atoms with Crippen LogP contribution in [-0.2, 0) is 19.1 Å². The Hall–Kier alpha value is -2.16. The standard InChI is InChI=1S/C16H20F3N5O/c1-2-3-13-21-15(25-22-13)11-23-6-8-24(9-7-23)14-5-4-12(10-20-14)16(17,18)19/h4-5,10H,2-3,6-9,11H2,1H3. The van der Waals surface area contributed by atoms with Crippen molar-refractivity contribution in [1.82, 2.24) is 20.0 Å². The number of halogens is 3. The van der Waals surface area contributed by atoms with E-state index in [9.17, 15) is 13.2 Å². The molecule has 0 aromatic carbocycles. The molecule has 1 aliphatic heterocycles. The van der Waals surface area contributed by atoms with Gasteiger partial charge in [-0.25, -0.2) is 4.98 Å². The highest BCUT2D eigenvalue weighted by Crippen LogP contribution is 2.29. The molecule has 25 heavy (non-hydrogen) atoms. The molecule has 1 fully saturated rings. The molecule has 3 heterocycles. The zero-order valence-corrected chi connectivity index (χ0v) is 14.0. The minimum Gasteiger partial charge on any atom is -0.354 e. The van der Waals surface area contributed by atoms with E-state index in [-0.39, 0.29) is 0 Å². The molecule has 0 spiro atoms. The van der Waals surface area contributed by atoms with Crippen molar-refractivity contribution < 1.29 is 17.7 Å². The first-order valence-electron chi connectivity index (χ1n) is 8.27. The molecule has 0 amide bonds. The fourth-order valence-electron chi connectivity index (χ4n) is 2.75. The van der Waals surface area contributed by atoms with E-state index in [1.54, 1.807) is 0 Å². The van der Waals surface area contributed by atoms with E-state index in [1.807, 2.05) is 4.90 Å². The fraction of sp³-hybridized carbons (Fsp3) is 0.562. The molecule has 0 atom stereocenters. The number of rotatable bonds is 5. The van der Waals surface area contributed by atoms with Crippen LogP contribution >= 0.6 is 0 Å². The van der Waals surface area contributed by atoms with Crippen molar-refractivity contribution >= 4 is 5.82 Å². The lowest BCUT2D eigenvalue weighted by molar-refractivity contribution is -0.137. The van der Waals surface area contributed by atoms with Crippen molar-refractivity contribution in [2.24, 2.45) is 0 Å². The van der Waals surface area contributed by atoms with Crippen LogP contribution in [0.5, 0.6) is 0 Å². The Morgan fingerprint density at radius 2 is 1.92 bits per heavy atom. The Labute approximate surface area is 143 Å². The van der Waals surface area contributed by atoms with Crippen LogP contribution in [0.3, 0.4) is 0 Å². The third-order valence-electron chi connectivity index (χ3n) is 4.11. The zero-order chi connectivity index (χ0) is 17.9. The Bertz CT molecular complexity index is 678. The van der Waals surface area contributed by atoms with Gasteiger partial charge in [0.15, 0.2) is 5.82 Å². The molecule has 2 aromatic heterocycles. The van der Waals surface area contributed by atoms with Crippen LogP contribution in [0, 0.1) is 0 Å². The number of hydrogen-bond donors (Lipinski definition) is 0. The van der Waals surface area contributed by atoms with Crippen LogP contribution in [0.1, 0.15) is 30.6 Å². The monoisotopic (exact) mass is 355 g/mol. The van der Waals surface area contributed by atoms with E-state index >= 15 is 0 Å². The summed E-state index contributed by atoms with van der Waals surface area (Å²) in [5.41, 5.74) is -0.728. The summed E-state index contributed by atoms with van der Waals surface area (Å²) in [6, 6.07) is 2.50. The predicted molar refractivity (Wildman–Crippen MR) is 85.0 cm³/mol. The molecule has 0 bridgehead atoms. The molecule has 3 rings (SSSR count). The minimum atomic E-state index is -4.36. The molecule has 1 saturated heterocycles. The molecule has 0 N–H and O–H groups in total. The van der Waals surface area contributed by atoms with Gasteiger partial charge in [0.25, 0.3) is 0 Å². The van der Waals surface area contributed by atoms with Crippen LogP contribution in [0.2, 0.25) is 0 Å². The normalized spacial score (nSPS) is 16.4. The maximum absolute atomic E-state index is 12.6. The van der Waals surface area contributed by atoms with Crippen molar-refractivity contribution in [1.29, 1.82) is 0 Å². The van der Waals surface area contributed by atoms with Crippen molar-refractivity contribution in [2.45, 2.75) is 32.5 Å². The van der Waals surface area contributed by atoms with E-state index in [0.717, 1.165) is 44.0 Å². The number of anilines is 1. The molecule has 6 nitrogen and oxygen atoms in total. The first-order chi connectivity index (χ1) is 12.0. The SMILES string of the molecule is CCCc1noc(CN2CCN(c3ccc(C(F)(F)F)cn3)CC2)n1. The molecule has 0 unspecified atom stereocenters. The number of nitrogens with zero attached hydrogens (tertiary/aromatic N) is 5. The maximum Gasteiger partial charge on any atom is 0.417 e. The number of aromatic nitrogens is 3. The predicted octanol–water partition coefficient (Wildman–Crippen LogP) is 2.76. The summed E-state index contributed by atoms with van der Waals surface area (Å²) in [5.74, 6) is 1.89. The molecule has 2 aromatic rings. The highest BCUT2D eigenvalue weighted by molar-refractivity contribution is 5.40. The van der Waals surface area contributed by atoms with Gasteiger partial charge in [-0.05, 0) is 18.6 Å². The van der Waals surface area contributed by atoms with Crippen LogP contribution in [-0.4, -0.2) is 46.2 Å². The van der Waals surface area contributed by atoms with Gasteiger partial charge in [0.05, 0.1) is 12.1 Å². The average molecular weight is 355 g/mol. The topological polar surface area (TPSA) is 58.3 Å². The average Bonchev–Trinajstić information content (AvgIpc) is 3.02. The Kier molecular flexibility index (Phi) is 5.22. The lowest BCUT2D eigenvalue weighted by Crippen LogP contribution is -2.46. The fourth-order valence-corrected chi connectivity index (χ4v) is 2.75. The third-order valence-corrected chi connectivity index (χ3v) is 4.11. The van der Waals surface area contributed by atoms with Crippen molar-refractivity contribution in [3.05, 3.63) is 35.6 Å². The molecule has 9 heteroatoms. The second kappa shape index (κ2) is 7.38. The van der Waals surface area contributed by atoms with Crippen molar-refractivity contribution in [3.63, 3.8) is 0 Å². The van der Waals surface area contributed by atoms with Crippen molar-refractivity contribution in [2.75, 3.05) is 31.1 Å². The first-order valence-corrected chi connectivity index (χ1v) is 8.27. The summed E-state index contributed by atoms with van der Waals surface area (Å²) >= 11 is 0.